The summed E-state index contributed by atoms with van der Waals surface area (Å²) in [6.07, 6.45) is -4.56. The van der Waals surface area contributed by atoms with Gasteiger partial charge in [-0.3, -0.25) is 15.0 Å². The summed E-state index contributed by atoms with van der Waals surface area (Å²) in [7, 11) is 0. The Morgan fingerprint density at radius 2 is 1.46 bits per heavy atom. The first-order chi connectivity index (χ1) is 12.0. The van der Waals surface area contributed by atoms with Gasteiger partial charge in [0.05, 0.1) is 11.1 Å². The second-order valence-electron chi connectivity index (χ2n) is 6.70. The number of hydrogen-bond donors (Lipinski definition) is 1. The van der Waals surface area contributed by atoms with Gasteiger partial charge in [-0.1, -0.05) is 24.3 Å². The summed E-state index contributed by atoms with van der Waals surface area (Å²) in [5.41, 5.74) is 0.886. The Morgan fingerprint density at radius 3 is 2.00 bits per heavy atom. The fourth-order valence-electron chi connectivity index (χ4n) is 2.24. The number of carbonyl (C=O) groups is 2. The van der Waals surface area contributed by atoms with Crippen LogP contribution in [0.15, 0.2) is 54.6 Å². The van der Waals surface area contributed by atoms with Crippen molar-refractivity contribution >= 4 is 11.8 Å². The van der Waals surface area contributed by atoms with Gasteiger partial charge in [-0.25, -0.2) is 5.01 Å². The molecule has 0 radical (unpaired) electrons. The van der Waals surface area contributed by atoms with E-state index in [-0.39, 0.29) is 5.56 Å². The zero-order valence-electron chi connectivity index (χ0n) is 14.6. The fraction of sp³-hybridized carbons (Fsp3) is 0.263. The first-order valence-electron chi connectivity index (χ1n) is 7.88. The van der Waals surface area contributed by atoms with Crippen LogP contribution in [0.25, 0.3) is 0 Å². The average molecular weight is 364 g/mol. The van der Waals surface area contributed by atoms with Crippen LogP contribution in [0.4, 0.5) is 13.2 Å². The molecule has 0 aromatic heterocycles. The van der Waals surface area contributed by atoms with Gasteiger partial charge >= 0.3 is 6.18 Å². The molecule has 0 aliphatic rings. The summed E-state index contributed by atoms with van der Waals surface area (Å²) >= 11 is 0. The van der Waals surface area contributed by atoms with Crippen molar-refractivity contribution in [3.63, 3.8) is 0 Å². The van der Waals surface area contributed by atoms with Crippen molar-refractivity contribution in [1.29, 1.82) is 0 Å². The van der Waals surface area contributed by atoms with Gasteiger partial charge in [0.2, 0.25) is 0 Å². The van der Waals surface area contributed by atoms with E-state index in [0.717, 1.165) is 23.2 Å². The Balaban J connectivity index is 2.33. The van der Waals surface area contributed by atoms with E-state index in [1.165, 1.54) is 6.07 Å². The Labute approximate surface area is 149 Å². The molecular formula is C19H19F3N2O2. The molecule has 0 heterocycles. The monoisotopic (exact) mass is 364 g/mol. The van der Waals surface area contributed by atoms with Crippen molar-refractivity contribution in [2.75, 3.05) is 0 Å². The molecule has 2 aromatic carbocycles. The van der Waals surface area contributed by atoms with Crippen molar-refractivity contribution in [2.45, 2.75) is 32.5 Å². The standard InChI is InChI=1S/C19H19F3N2O2/c1-18(2,3)24(23-16(25)13-8-5-4-6-9-13)17(26)14-10-7-11-15(12-14)19(20,21)22/h4-12H,1-3H3,(H,23,25). The number of hydrogen-bond acceptors (Lipinski definition) is 2. The lowest BCUT2D eigenvalue weighted by atomic mass is 10.0. The number of nitrogens with zero attached hydrogens (tertiary/aromatic N) is 1. The van der Waals surface area contributed by atoms with E-state index in [4.69, 9.17) is 0 Å². The van der Waals surface area contributed by atoms with Crippen molar-refractivity contribution < 1.29 is 22.8 Å². The number of hydrazine groups is 1. The van der Waals surface area contributed by atoms with E-state index in [9.17, 15) is 22.8 Å². The zero-order valence-corrected chi connectivity index (χ0v) is 14.6. The Bertz CT molecular complexity index is 796. The van der Waals surface area contributed by atoms with Gasteiger partial charge in [0.1, 0.15) is 0 Å². The topological polar surface area (TPSA) is 49.4 Å². The van der Waals surface area contributed by atoms with Crippen molar-refractivity contribution in [2.24, 2.45) is 0 Å². The van der Waals surface area contributed by atoms with Crippen LogP contribution >= 0.6 is 0 Å². The lowest BCUT2D eigenvalue weighted by Crippen LogP contribution is -2.55. The molecule has 0 bridgehead atoms. The Kier molecular flexibility index (Phi) is 5.39. The number of alkyl halides is 3. The van der Waals surface area contributed by atoms with Crippen LogP contribution in [0, 0.1) is 0 Å². The van der Waals surface area contributed by atoms with Crippen molar-refractivity contribution in [1.82, 2.24) is 10.4 Å². The molecule has 2 rings (SSSR count). The van der Waals surface area contributed by atoms with Crippen LogP contribution in [0.2, 0.25) is 0 Å². The minimum atomic E-state index is -4.56. The SMILES string of the molecule is CC(C)(C)N(NC(=O)c1ccccc1)C(=O)c1cccc(C(F)(F)F)c1. The summed E-state index contributed by atoms with van der Waals surface area (Å²) in [4.78, 5) is 25.2. The molecule has 1 N–H and O–H groups in total. The third kappa shape index (κ3) is 4.62. The largest absolute Gasteiger partial charge is 0.416 e. The van der Waals surface area contributed by atoms with E-state index < -0.39 is 29.1 Å². The Morgan fingerprint density at radius 1 is 0.885 bits per heavy atom. The molecule has 0 aliphatic heterocycles. The minimum Gasteiger partial charge on any atom is -0.267 e. The maximum absolute atomic E-state index is 12.9. The second-order valence-corrected chi connectivity index (χ2v) is 6.70. The van der Waals surface area contributed by atoms with Gasteiger partial charge in [-0.05, 0) is 51.1 Å². The average Bonchev–Trinajstić information content (AvgIpc) is 2.58. The summed E-state index contributed by atoms with van der Waals surface area (Å²) in [5.74, 6) is -1.26. The molecule has 7 heteroatoms. The van der Waals surface area contributed by atoms with E-state index in [2.05, 4.69) is 5.43 Å². The Hall–Kier alpha value is -2.83. The molecule has 138 valence electrons. The van der Waals surface area contributed by atoms with E-state index in [1.54, 1.807) is 51.1 Å². The molecule has 0 saturated heterocycles. The van der Waals surface area contributed by atoms with Gasteiger partial charge in [-0.2, -0.15) is 13.2 Å². The normalized spacial score (nSPS) is 11.8. The lowest BCUT2D eigenvalue weighted by Gasteiger charge is -2.35. The molecule has 0 spiro atoms. The summed E-state index contributed by atoms with van der Waals surface area (Å²) in [6, 6.07) is 12.3. The summed E-state index contributed by atoms with van der Waals surface area (Å²) < 4.78 is 38.7. The van der Waals surface area contributed by atoms with Crippen molar-refractivity contribution in [3.8, 4) is 0 Å². The van der Waals surface area contributed by atoms with Gasteiger partial charge in [-0.15, -0.1) is 0 Å². The summed E-state index contributed by atoms with van der Waals surface area (Å²) in [6.45, 7) is 5.01. The fourth-order valence-corrected chi connectivity index (χ4v) is 2.24. The van der Waals surface area contributed by atoms with Crippen LogP contribution in [-0.4, -0.2) is 22.4 Å². The number of nitrogens with one attached hydrogen (secondary N) is 1. The molecule has 0 fully saturated rings. The highest BCUT2D eigenvalue weighted by Crippen LogP contribution is 2.30. The second kappa shape index (κ2) is 7.19. The highest BCUT2D eigenvalue weighted by atomic mass is 19.4. The van der Waals surface area contributed by atoms with Crippen LogP contribution < -0.4 is 5.43 Å². The third-order valence-corrected chi connectivity index (χ3v) is 3.56. The maximum Gasteiger partial charge on any atom is 0.416 e. The molecule has 0 aliphatic carbocycles. The predicted molar refractivity (Wildman–Crippen MR) is 91.3 cm³/mol. The molecule has 4 nitrogen and oxygen atoms in total. The molecular weight excluding hydrogens is 345 g/mol. The molecule has 0 unspecified atom stereocenters. The number of amides is 2. The molecule has 26 heavy (non-hydrogen) atoms. The van der Waals surface area contributed by atoms with Gasteiger partial charge < -0.3 is 0 Å². The molecule has 0 atom stereocenters. The predicted octanol–water partition coefficient (Wildman–Crippen LogP) is 4.29. The third-order valence-electron chi connectivity index (χ3n) is 3.56. The van der Waals surface area contributed by atoms with Gasteiger partial charge in [0.15, 0.2) is 0 Å². The quantitative estimate of drug-likeness (QED) is 0.808. The van der Waals surface area contributed by atoms with E-state index in [1.807, 2.05) is 0 Å². The van der Waals surface area contributed by atoms with Gasteiger partial charge in [0, 0.05) is 11.1 Å². The van der Waals surface area contributed by atoms with E-state index in [0.29, 0.717) is 5.56 Å². The number of rotatable bonds is 2. The minimum absolute atomic E-state index is 0.164. The number of benzene rings is 2. The number of halogens is 3. The summed E-state index contributed by atoms with van der Waals surface area (Å²) in [5, 5.41) is 1.04. The van der Waals surface area contributed by atoms with Crippen LogP contribution in [0.5, 0.6) is 0 Å². The zero-order chi connectivity index (χ0) is 19.5. The lowest BCUT2D eigenvalue weighted by molar-refractivity contribution is -0.137. The molecule has 2 amide bonds. The first kappa shape index (κ1) is 19.5. The smallest absolute Gasteiger partial charge is 0.267 e. The highest BCUT2D eigenvalue weighted by molar-refractivity contribution is 5.99. The van der Waals surface area contributed by atoms with Crippen LogP contribution in [0.1, 0.15) is 47.1 Å². The maximum atomic E-state index is 12.9. The van der Waals surface area contributed by atoms with E-state index >= 15 is 0 Å². The van der Waals surface area contributed by atoms with Crippen LogP contribution in [0.3, 0.4) is 0 Å². The molecule has 0 saturated carbocycles. The van der Waals surface area contributed by atoms with Gasteiger partial charge in [0.25, 0.3) is 11.8 Å². The highest BCUT2D eigenvalue weighted by Gasteiger charge is 2.33. The first-order valence-corrected chi connectivity index (χ1v) is 7.88. The molecule has 2 aromatic rings. The van der Waals surface area contributed by atoms with Crippen molar-refractivity contribution in [3.05, 3.63) is 71.3 Å². The van der Waals surface area contributed by atoms with Crippen LogP contribution in [-0.2, 0) is 6.18 Å². The number of carbonyl (C=O) groups excluding carboxylic acids is 2.